The summed E-state index contributed by atoms with van der Waals surface area (Å²) in [5.74, 6) is 0.532. The Morgan fingerprint density at radius 2 is 1.76 bits per heavy atom. The molecule has 3 rings (SSSR count). The zero-order valence-corrected chi connectivity index (χ0v) is 14.3. The van der Waals surface area contributed by atoms with Crippen LogP contribution in [0.15, 0.2) is 59.4 Å². The fraction of sp³-hybridized carbons (Fsp3) is 0.143. The highest BCUT2D eigenvalue weighted by Gasteiger charge is 2.15. The molecule has 1 aromatic heterocycles. The fourth-order valence-corrected chi connectivity index (χ4v) is 2.80. The molecule has 3 aromatic rings. The maximum atomic E-state index is 12.9. The second kappa shape index (κ2) is 7.18. The number of phenolic OH excluding ortho intramolecular Hbond substituents is 1. The lowest BCUT2D eigenvalue weighted by molar-refractivity contribution is 0.476. The van der Waals surface area contributed by atoms with Crippen LogP contribution in [0.2, 0.25) is 0 Å². The van der Waals surface area contributed by atoms with E-state index in [0.717, 1.165) is 5.56 Å². The number of benzene rings is 2. The molecule has 4 nitrogen and oxygen atoms in total. The Balaban J connectivity index is 2.23. The van der Waals surface area contributed by atoms with E-state index >= 15 is 0 Å². The summed E-state index contributed by atoms with van der Waals surface area (Å²) in [5.41, 5.74) is 2.77. The van der Waals surface area contributed by atoms with Gasteiger partial charge in [0.25, 0.3) is 5.56 Å². The predicted octanol–water partition coefficient (Wildman–Crippen LogP) is 4.11. The normalized spacial score (nSPS) is 11.1. The van der Waals surface area contributed by atoms with Gasteiger partial charge in [0.1, 0.15) is 5.75 Å². The van der Waals surface area contributed by atoms with Crippen LogP contribution in [0.3, 0.4) is 0 Å². The largest absolute Gasteiger partial charge is 0.507 e. The van der Waals surface area contributed by atoms with E-state index in [9.17, 15) is 9.90 Å². The van der Waals surface area contributed by atoms with Gasteiger partial charge in [0.05, 0.1) is 5.56 Å². The van der Waals surface area contributed by atoms with E-state index in [-0.39, 0.29) is 11.3 Å². The van der Waals surface area contributed by atoms with E-state index in [0.29, 0.717) is 29.1 Å². The van der Waals surface area contributed by atoms with Crippen LogP contribution in [-0.2, 0) is 6.42 Å². The van der Waals surface area contributed by atoms with E-state index in [4.69, 9.17) is 0 Å². The molecule has 0 spiro atoms. The molecule has 0 aliphatic rings. The van der Waals surface area contributed by atoms with Crippen molar-refractivity contribution in [1.82, 2.24) is 9.55 Å². The molecule has 0 amide bonds. The molecule has 126 valence electrons. The monoisotopic (exact) mass is 332 g/mol. The summed E-state index contributed by atoms with van der Waals surface area (Å²) < 4.78 is 1.51. The predicted molar refractivity (Wildman–Crippen MR) is 101 cm³/mol. The molecule has 0 bridgehead atoms. The molecule has 0 atom stereocenters. The van der Waals surface area contributed by atoms with Gasteiger partial charge < -0.3 is 5.11 Å². The molecular weight excluding hydrogens is 312 g/mol. The third-order valence-corrected chi connectivity index (χ3v) is 4.13. The van der Waals surface area contributed by atoms with Crippen molar-refractivity contribution in [3.05, 3.63) is 81.8 Å². The lowest BCUT2D eigenvalue weighted by atomic mass is 10.1. The van der Waals surface area contributed by atoms with E-state index in [1.54, 1.807) is 24.4 Å². The molecule has 0 saturated heterocycles. The van der Waals surface area contributed by atoms with Gasteiger partial charge in [-0.05, 0) is 37.1 Å². The summed E-state index contributed by atoms with van der Waals surface area (Å²) in [5, 5.41) is 10.2. The standard InChI is InChI=1S/C21H20N2O2/c1-3-17-15(2)22-20(18-11-7-8-12-19(18)24)23(21(17)25)14-13-16-9-5-4-6-10-16/h4-14,24H,3H2,1-2H3. The molecule has 0 aliphatic heterocycles. The summed E-state index contributed by atoms with van der Waals surface area (Å²) in [6, 6.07) is 16.7. The quantitative estimate of drug-likeness (QED) is 0.782. The SMILES string of the molecule is CCc1c(C)nc(-c2ccccc2O)n(C=Cc2ccccc2)c1=O. The first-order valence-corrected chi connectivity index (χ1v) is 8.25. The highest BCUT2D eigenvalue weighted by molar-refractivity contribution is 5.69. The minimum atomic E-state index is -0.111. The smallest absolute Gasteiger partial charge is 0.261 e. The summed E-state index contributed by atoms with van der Waals surface area (Å²) in [6.07, 6.45) is 4.18. The minimum absolute atomic E-state index is 0.0971. The van der Waals surface area contributed by atoms with Crippen LogP contribution in [0.4, 0.5) is 0 Å². The first-order chi connectivity index (χ1) is 12.1. The number of para-hydroxylation sites is 1. The van der Waals surface area contributed by atoms with E-state index in [1.807, 2.05) is 56.3 Å². The third kappa shape index (κ3) is 3.38. The molecule has 2 aromatic carbocycles. The Bertz CT molecular complexity index is 973. The van der Waals surface area contributed by atoms with Crippen molar-refractivity contribution >= 4 is 12.3 Å². The minimum Gasteiger partial charge on any atom is -0.507 e. The van der Waals surface area contributed by atoms with Gasteiger partial charge >= 0.3 is 0 Å². The molecule has 0 unspecified atom stereocenters. The maximum absolute atomic E-state index is 12.9. The Labute approximate surface area is 146 Å². The summed E-state index contributed by atoms with van der Waals surface area (Å²) in [6.45, 7) is 3.77. The van der Waals surface area contributed by atoms with Gasteiger partial charge in [-0.25, -0.2) is 4.98 Å². The van der Waals surface area contributed by atoms with E-state index in [1.165, 1.54) is 4.57 Å². The van der Waals surface area contributed by atoms with Crippen LogP contribution in [0.5, 0.6) is 5.75 Å². The van der Waals surface area contributed by atoms with E-state index in [2.05, 4.69) is 4.98 Å². The number of aromatic hydroxyl groups is 1. The summed E-state index contributed by atoms with van der Waals surface area (Å²) >= 11 is 0. The molecule has 0 aliphatic carbocycles. The van der Waals surface area contributed by atoms with Gasteiger partial charge in [0, 0.05) is 17.5 Å². The van der Waals surface area contributed by atoms with Crippen LogP contribution >= 0.6 is 0 Å². The van der Waals surface area contributed by atoms with Crippen LogP contribution in [0, 0.1) is 6.92 Å². The first-order valence-electron chi connectivity index (χ1n) is 8.25. The van der Waals surface area contributed by atoms with Gasteiger partial charge in [-0.15, -0.1) is 0 Å². The van der Waals surface area contributed by atoms with Crippen molar-refractivity contribution in [2.24, 2.45) is 0 Å². The zero-order chi connectivity index (χ0) is 17.8. The van der Waals surface area contributed by atoms with Crippen LogP contribution in [0.25, 0.3) is 23.7 Å². The van der Waals surface area contributed by atoms with Crippen molar-refractivity contribution < 1.29 is 5.11 Å². The zero-order valence-electron chi connectivity index (χ0n) is 14.3. The second-order valence-corrected chi connectivity index (χ2v) is 5.77. The Kier molecular flexibility index (Phi) is 4.80. The second-order valence-electron chi connectivity index (χ2n) is 5.77. The first kappa shape index (κ1) is 16.7. The molecule has 1 N–H and O–H groups in total. The Morgan fingerprint density at radius 3 is 2.44 bits per heavy atom. The molecular formula is C21H20N2O2. The highest BCUT2D eigenvalue weighted by Crippen LogP contribution is 2.27. The van der Waals surface area contributed by atoms with Crippen molar-refractivity contribution in [3.8, 4) is 17.1 Å². The number of nitrogens with zero attached hydrogens (tertiary/aromatic N) is 2. The molecule has 1 heterocycles. The van der Waals surface area contributed by atoms with Gasteiger partial charge in [-0.3, -0.25) is 9.36 Å². The molecule has 0 radical (unpaired) electrons. The number of aryl methyl sites for hydroxylation is 1. The number of phenols is 1. The molecule has 4 heteroatoms. The number of rotatable bonds is 4. The van der Waals surface area contributed by atoms with Crippen LogP contribution < -0.4 is 5.56 Å². The number of hydrogen-bond donors (Lipinski definition) is 1. The summed E-state index contributed by atoms with van der Waals surface area (Å²) in [7, 11) is 0. The average molecular weight is 332 g/mol. The highest BCUT2D eigenvalue weighted by atomic mass is 16.3. The van der Waals surface area contributed by atoms with Gasteiger partial charge in [-0.1, -0.05) is 49.4 Å². The van der Waals surface area contributed by atoms with Crippen molar-refractivity contribution in [1.29, 1.82) is 0 Å². The third-order valence-electron chi connectivity index (χ3n) is 4.13. The van der Waals surface area contributed by atoms with Crippen LogP contribution in [0.1, 0.15) is 23.7 Å². The molecule has 0 fully saturated rings. The average Bonchev–Trinajstić information content (AvgIpc) is 2.62. The lowest BCUT2D eigenvalue weighted by Gasteiger charge is -2.13. The van der Waals surface area contributed by atoms with Crippen molar-refractivity contribution in [3.63, 3.8) is 0 Å². The lowest BCUT2D eigenvalue weighted by Crippen LogP contribution is -2.24. The van der Waals surface area contributed by atoms with Gasteiger partial charge in [0.2, 0.25) is 0 Å². The Hall–Kier alpha value is -3.14. The fourth-order valence-electron chi connectivity index (χ4n) is 2.80. The maximum Gasteiger partial charge on any atom is 0.261 e. The summed E-state index contributed by atoms with van der Waals surface area (Å²) in [4.78, 5) is 17.5. The van der Waals surface area contributed by atoms with Gasteiger partial charge in [-0.2, -0.15) is 0 Å². The van der Waals surface area contributed by atoms with Crippen molar-refractivity contribution in [2.45, 2.75) is 20.3 Å². The topological polar surface area (TPSA) is 55.1 Å². The number of aromatic nitrogens is 2. The molecule has 0 saturated carbocycles. The van der Waals surface area contributed by atoms with Gasteiger partial charge in [0.15, 0.2) is 5.82 Å². The number of hydrogen-bond acceptors (Lipinski definition) is 3. The van der Waals surface area contributed by atoms with E-state index < -0.39 is 0 Å². The van der Waals surface area contributed by atoms with Crippen LogP contribution in [-0.4, -0.2) is 14.7 Å². The molecule has 25 heavy (non-hydrogen) atoms. The Morgan fingerprint density at radius 1 is 1.08 bits per heavy atom. The van der Waals surface area contributed by atoms with Crippen molar-refractivity contribution in [2.75, 3.05) is 0 Å².